The lowest BCUT2D eigenvalue weighted by Gasteiger charge is -2.12. The summed E-state index contributed by atoms with van der Waals surface area (Å²) in [6.45, 7) is 3.92. The minimum absolute atomic E-state index is 0.0582. The quantitative estimate of drug-likeness (QED) is 0.224. The highest BCUT2D eigenvalue weighted by atomic mass is 19.1. The Morgan fingerprint density at radius 1 is 1.05 bits per heavy atom. The molecule has 2 aromatic heterocycles. The number of nitrogens with zero attached hydrogens (tertiary/aromatic N) is 4. The fourth-order valence-corrected chi connectivity index (χ4v) is 3.99. The fourth-order valence-electron chi connectivity index (χ4n) is 3.99. The molecule has 0 saturated heterocycles. The average molecular weight is 530 g/mol. The number of aromatic nitrogens is 4. The van der Waals surface area contributed by atoms with Gasteiger partial charge in [0.1, 0.15) is 23.8 Å². The van der Waals surface area contributed by atoms with E-state index < -0.39 is 24.3 Å². The Balaban J connectivity index is 1.81. The molecule has 0 amide bonds. The number of hydrogen-bond donors (Lipinski definition) is 3. The van der Waals surface area contributed by atoms with Gasteiger partial charge < -0.3 is 20.1 Å². The number of rotatable bonds is 11. The number of aliphatic carboxylic acids is 1. The molecule has 0 bridgehead atoms. The standard InChI is InChI=1S/C29H28FN5O4/c1-18(2)28-34-26(19-8-10-20(30)11-9-19)27(35(28)15-13-22(36)16-23(37)17-25(38)39)24-12-14-31-29(33-24)32-21-6-4-3-5-7-21/h3-15,18,22,36H,16-17H2,1-2H3,(H,38,39)(H,31,32,33)/b15-13+. The first-order valence-corrected chi connectivity index (χ1v) is 12.3. The van der Waals surface area contributed by atoms with E-state index in [2.05, 4.69) is 10.3 Å². The van der Waals surface area contributed by atoms with Crippen molar-refractivity contribution in [1.29, 1.82) is 0 Å². The summed E-state index contributed by atoms with van der Waals surface area (Å²) < 4.78 is 15.5. The van der Waals surface area contributed by atoms with Crippen LogP contribution in [-0.4, -0.2) is 47.6 Å². The van der Waals surface area contributed by atoms with E-state index in [1.165, 1.54) is 18.2 Å². The van der Waals surface area contributed by atoms with Gasteiger partial charge in [-0.2, -0.15) is 0 Å². The molecule has 0 aliphatic heterocycles. The number of para-hydroxylation sites is 1. The van der Waals surface area contributed by atoms with Crippen LogP contribution in [0.15, 0.2) is 72.9 Å². The summed E-state index contributed by atoms with van der Waals surface area (Å²) in [5.74, 6) is -1.28. The van der Waals surface area contributed by atoms with Crippen molar-refractivity contribution in [3.8, 4) is 22.6 Å². The predicted octanol–water partition coefficient (Wildman–Crippen LogP) is 5.28. The van der Waals surface area contributed by atoms with Gasteiger partial charge in [-0.05, 0) is 48.5 Å². The van der Waals surface area contributed by atoms with Crippen molar-refractivity contribution < 1.29 is 24.2 Å². The number of imidazole rings is 1. The molecule has 4 aromatic rings. The van der Waals surface area contributed by atoms with E-state index in [-0.39, 0.29) is 18.2 Å². The third-order valence-electron chi connectivity index (χ3n) is 5.74. The number of halogens is 1. The summed E-state index contributed by atoms with van der Waals surface area (Å²) in [6.07, 6.45) is 2.41. The monoisotopic (exact) mass is 529 g/mol. The van der Waals surface area contributed by atoms with E-state index in [0.717, 1.165) is 5.69 Å². The number of carbonyl (C=O) groups is 2. The Hall–Kier alpha value is -4.70. The van der Waals surface area contributed by atoms with Gasteiger partial charge in [0.05, 0.1) is 23.2 Å². The molecule has 39 heavy (non-hydrogen) atoms. The number of carboxylic acids is 1. The first kappa shape index (κ1) is 27.3. The van der Waals surface area contributed by atoms with Crippen LogP contribution in [0.25, 0.3) is 28.8 Å². The summed E-state index contributed by atoms with van der Waals surface area (Å²) in [5, 5.41) is 22.4. The largest absolute Gasteiger partial charge is 0.481 e. The lowest BCUT2D eigenvalue weighted by atomic mass is 10.1. The molecule has 0 radical (unpaired) electrons. The molecular weight excluding hydrogens is 501 g/mol. The van der Waals surface area contributed by atoms with Gasteiger partial charge in [0.25, 0.3) is 0 Å². The van der Waals surface area contributed by atoms with Gasteiger partial charge in [0.2, 0.25) is 5.95 Å². The molecule has 1 atom stereocenters. The summed E-state index contributed by atoms with van der Waals surface area (Å²) in [6, 6.07) is 17.1. The van der Waals surface area contributed by atoms with Crippen molar-refractivity contribution >= 4 is 29.6 Å². The Labute approximate surface area is 224 Å². The van der Waals surface area contributed by atoms with Crippen LogP contribution in [0.5, 0.6) is 0 Å². The van der Waals surface area contributed by atoms with Crippen molar-refractivity contribution in [3.63, 3.8) is 0 Å². The zero-order valence-corrected chi connectivity index (χ0v) is 21.5. The van der Waals surface area contributed by atoms with Crippen LogP contribution in [0.3, 0.4) is 0 Å². The minimum Gasteiger partial charge on any atom is -0.481 e. The molecular formula is C29H28FN5O4. The molecule has 0 saturated carbocycles. The first-order chi connectivity index (χ1) is 18.7. The molecule has 10 heteroatoms. The van der Waals surface area contributed by atoms with Crippen molar-refractivity contribution in [3.05, 3.63) is 84.6 Å². The third kappa shape index (κ3) is 6.99. The first-order valence-electron chi connectivity index (χ1n) is 12.3. The molecule has 0 spiro atoms. The zero-order chi connectivity index (χ0) is 27.9. The number of nitrogens with one attached hydrogen (secondary N) is 1. The molecule has 200 valence electrons. The minimum atomic E-state index is -1.25. The number of benzene rings is 2. The molecule has 3 N–H and O–H groups in total. The summed E-state index contributed by atoms with van der Waals surface area (Å²) in [4.78, 5) is 36.6. The van der Waals surface area contributed by atoms with E-state index in [9.17, 15) is 19.1 Å². The molecule has 0 fully saturated rings. The Morgan fingerprint density at radius 2 is 1.77 bits per heavy atom. The van der Waals surface area contributed by atoms with E-state index in [1.54, 1.807) is 35.2 Å². The Morgan fingerprint density at radius 3 is 2.44 bits per heavy atom. The summed E-state index contributed by atoms with van der Waals surface area (Å²) >= 11 is 0. The number of hydrogen-bond acceptors (Lipinski definition) is 7. The van der Waals surface area contributed by atoms with Gasteiger partial charge in [-0.15, -0.1) is 0 Å². The van der Waals surface area contributed by atoms with Gasteiger partial charge in [-0.1, -0.05) is 32.0 Å². The molecule has 1 unspecified atom stereocenters. The molecule has 0 aliphatic rings. The van der Waals surface area contributed by atoms with Crippen LogP contribution in [0, 0.1) is 5.82 Å². The van der Waals surface area contributed by atoms with Crippen LogP contribution in [-0.2, 0) is 9.59 Å². The second-order valence-electron chi connectivity index (χ2n) is 9.18. The van der Waals surface area contributed by atoms with E-state index in [0.29, 0.717) is 34.4 Å². The maximum absolute atomic E-state index is 13.7. The molecule has 2 aromatic carbocycles. The van der Waals surface area contributed by atoms with Gasteiger partial charge >= 0.3 is 5.97 Å². The van der Waals surface area contributed by atoms with Crippen molar-refractivity contribution in [2.45, 2.75) is 38.7 Å². The fraction of sp³-hybridized carbons (Fsp3) is 0.207. The summed E-state index contributed by atoms with van der Waals surface area (Å²) in [7, 11) is 0. The maximum atomic E-state index is 13.7. The smallest absolute Gasteiger partial charge is 0.310 e. The number of carboxylic acid groups (broad SMARTS) is 1. The van der Waals surface area contributed by atoms with Crippen LogP contribution in [0.1, 0.15) is 38.4 Å². The van der Waals surface area contributed by atoms with Crippen LogP contribution < -0.4 is 5.32 Å². The number of aliphatic hydroxyl groups excluding tert-OH is 1. The van der Waals surface area contributed by atoms with Crippen LogP contribution in [0.2, 0.25) is 0 Å². The predicted molar refractivity (Wildman–Crippen MR) is 146 cm³/mol. The lowest BCUT2D eigenvalue weighted by molar-refractivity contribution is -0.140. The number of carbonyl (C=O) groups excluding carboxylic acids is 1. The van der Waals surface area contributed by atoms with Crippen molar-refractivity contribution in [2.75, 3.05) is 5.32 Å². The number of anilines is 2. The highest BCUT2D eigenvalue weighted by molar-refractivity contribution is 5.95. The van der Waals surface area contributed by atoms with Gasteiger partial charge in [-0.3, -0.25) is 9.59 Å². The molecule has 2 heterocycles. The third-order valence-corrected chi connectivity index (χ3v) is 5.74. The van der Waals surface area contributed by atoms with Gasteiger partial charge in [-0.25, -0.2) is 19.3 Å². The normalized spacial score (nSPS) is 12.1. The highest BCUT2D eigenvalue weighted by Crippen LogP contribution is 2.35. The van der Waals surface area contributed by atoms with Crippen molar-refractivity contribution in [1.82, 2.24) is 19.5 Å². The van der Waals surface area contributed by atoms with Gasteiger partial charge in [0.15, 0.2) is 0 Å². The lowest BCUT2D eigenvalue weighted by Crippen LogP contribution is -2.14. The maximum Gasteiger partial charge on any atom is 0.310 e. The Kier molecular flexibility index (Phi) is 8.57. The van der Waals surface area contributed by atoms with E-state index in [1.807, 2.05) is 44.2 Å². The second kappa shape index (κ2) is 12.2. The average Bonchev–Trinajstić information content (AvgIpc) is 3.28. The van der Waals surface area contributed by atoms with Crippen molar-refractivity contribution in [2.24, 2.45) is 0 Å². The number of aliphatic hydroxyl groups is 1. The summed E-state index contributed by atoms with van der Waals surface area (Å²) in [5.41, 5.74) is 3.10. The van der Waals surface area contributed by atoms with Gasteiger partial charge in [0, 0.05) is 36.0 Å². The number of Topliss-reactive ketones (excluding diaryl/α,β-unsaturated/α-hetero) is 1. The molecule has 9 nitrogen and oxygen atoms in total. The van der Waals surface area contributed by atoms with E-state index in [4.69, 9.17) is 15.1 Å². The molecule has 4 rings (SSSR count). The SMILES string of the molecule is CC(C)c1nc(-c2ccc(F)cc2)c(-c2ccnc(Nc3ccccc3)n2)n1/C=C/C(O)CC(=O)CC(=O)O. The van der Waals surface area contributed by atoms with Crippen LogP contribution in [0.4, 0.5) is 16.0 Å². The second-order valence-corrected chi connectivity index (χ2v) is 9.18. The zero-order valence-electron chi connectivity index (χ0n) is 21.5. The van der Waals surface area contributed by atoms with E-state index >= 15 is 0 Å². The van der Waals surface area contributed by atoms with Crippen LogP contribution >= 0.6 is 0 Å². The Bertz CT molecular complexity index is 1480. The number of ketones is 1. The topological polar surface area (TPSA) is 130 Å². The molecule has 0 aliphatic carbocycles. The highest BCUT2D eigenvalue weighted by Gasteiger charge is 2.23.